The number of aryl methyl sites for hydroxylation is 1. The Kier molecular flexibility index (Phi) is 5.45. The summed E-state index contributed by atoms with van der Waals surface area (Å²) in [6.07, 6.45) is 3.83. The number of benzene rings is 1. The lowest BCUT2D eigenvalue weighted by molar-refractivity contribution is -0.129. The van der Waals surface area contributed by atoms with Gasteiger partial charge in [0.15, 0.2) is 0 Å². The first-order valence-electron chi connectivity index (χ1n) is 9.57. The highest BCUT2D eigenvalue weighted by atomic mass is 16.2. The van der Waals surface area contributed by atoms with Crippen LogP contribution in [0.1, 0.15) is 50.7 Å². The molecule has 1 saturated carbocycles. The number of carbonyl (C=O) groups is 2. The van der Waals surface area contributed by atoms with Gasteiger partial charge >= 0.3 is 0 Å². The molecule has 136 valence electrons. The molecule has 0 radical (unpaired) electrons. The van der Waals surface area contributed by atoms with Crippen LogP contribution < -0.4 is 5.32 Å². The predicted octanol–water partition coefficient (Wildman–Crippen LogP) is 3.28. The number of likely N-dealkylation sites (tertiary alicyclic amines) is 1. The van der Waals surface area contributed by atoms with E-state index < -0.39 is 0 Å². The van der Waals surface area contributed by atoms with Crippen molar-refractivity contribution in [3.05, 3.63) is 35.4 Å². The molecule has 1 aliphatic heterocycles. The minimum Gasteiger partial charge on any atom is -0.353 e. The fourth-order valence-electron chi connectivity index (χ4n) is 4.10. The second-order valence-electron chi connectivity index (χ2n) is 8.04. The Morgan fingerprint density at radius 2 is 1.92 bits per heavy atom. The van der Waals surface area contributed by atoms with Crippen LogP contribution in [0.25, 0.3) is 0 Å². The second-order valence-corrected chi connectivity index (χ2v) is 8.04. The highest BCUT2D eigenvalue weighted by Crippen LogP contribution is 2.30. The molecule has 1 heterocycles. The van der Waals surface area contributed by atoms with E-state index in [1.54, 1.807) is 0 Å². The molecule has 2 fully saturated rings. The summed E-state index contributed by atoms with van der Waals surface area (Å²) in [7, 11) is 0. The maximum absolute atomic E-state index is 12.7. The zero-order valence-electron chi connectivity index (χ0n) is 15.6. The van der Waals surface area contributed by atoms with E-state index in [9.17, 15) is 9.59 Å². The van der Waals surface area contributed by atoms with Crippen LogP contribution in [0.5, 0.6) is 0 Å². The van der Waals surface area contributed by atoms with Crippen molar-refractivity contribution in [3.8, 4) is 0 Å². The lowest BCUT2D eigenvalue weighted by atomic mass is 9.78. The SMILES string of the molecule is Cc1ccc(CN2C[C@H](C(=O)N[C@H]3CCC[C@H](C)[C@@H]3C)CC2=O)cc1. The molecular weight excluding hydrogens is 312 g/mol. The van der Waals surface area contributed by atoms with Crippen molar-refractivity contribution in [1.82, 2.24) is 10.2 Å². The molecule has 0 aromatic heterocycles. The molecule has 0 bridgehead atoms. The van der Waals surface area contributed by atoms with E-state index in [1.165, 1.54) is 18.4 Å². The first-order valence-corrected chi connectivity index (χ1v) is 9.57. The largest absolute Gasteiger partial charge is 0.353 e. The zero-order valence-corrected chi connectivity index (χ0v) is 15.6. The van der Waals surface area contributed by atoms with Crippen molar-refractivity contribution in [1.29, 1.82) is 0 Å². The molecule has 2 amide bonds. The predicted molar refractivity (Wildman–Crippen MR) is 98.8 cm³/mol. The van der Waals surface area contributed by atoms with Crippen molar-refractivity contribution in [2.24, 2.45) is 17.8 Å². The van der Waals surface area contributed by atoms with E-state index in [4.69, 9.17) is 0 Å². The van der Waals surface area contributed by atoms with Crippen LogP contribution in [-0.4, -0.2) is 29.3 Å². The molecule has 1 aromatic rings. The second kappa shape index (κ2) is 7.59. The van der Waals surface area contributed by atoms with Crippen LogP contribution in [0.3, 0.4) is 0 Å². The third-order valence-corrected chi connectivity index (χ3v) is 6.11. The van der Waals surface area contributed by atoms with E-state index >= 15 is 0 Å². The van der Waals surface area contributed by atoms with Gasteiger partial charge in [0.1, 0.15) is 0 Å². The summed E-state index contributed by atoms with van der Waals surface area (Å²) in [5, 5.41) is 3.24. The highest BCUT2D eigenvalue weighted by Gasteiger charge is 2.36. The smallest absolute Gasteiger partial charge is 0.225 e. The third kappa shape index (κ3) is 4.23. The fourth-order valence-corrected chi connectivity index (χ4v) is 4.10. The average molecular weight is 342 g/mol. The number of nitrogens with zero attached hydrogens (tertiary/aromatic N) is 1. The molecular formula is C21H30N2O2. The molecule has 1 aliphatic carbocycles. The van der Waals surface area contributed by atoms with E-state index in [0.29, 0.717) is 31.3 Å². The quantitative estimate of drug-likeness (QED) is 0.913. The minimum absolute atomic E-state index is 0.0608. The number of carbonyl (C=O) groups excluding carboxylic acids is 2. The normalized spacial score (nSPS) is 29.7. The van der Waals surface area contributed by atoms with Crippen molar-refractivity contribution in [2.45, 2.75) is 59.0 Å². The van der Waals surface area contributed by atoms with Gasteiger partial charge in [-0.15, -0.1) is 0 Å². The molecule has 1 aromatic carbocycles. The Morgan fingerprint density at radius 3 is 2.64 bits per heavy atom. The lowest BCUT2D eigenvalue weighted by Gasteiger charge is -2.35. The van der Waals surface area contributed by atoms with E-state index in [1.807, 2.05) is 4.90 Å². The summed E-state index contributed by atoms with van der Waals surface area (Å²) >= 11 is 0. The van der Waals surface area contributed by atoms with Crippen molar-refractivity contribution in [3.63, 3.8) is 0 Å². The molecule has 1 N–H and O–H groups in total. The third-order valence-electron chi connectivity index (χ3n) is 6.11. The van der Waals surface area contributed by atoms with Crippen LogP contribution in [0.2, 0.25) is 0 Å². The van der Waals surface area contributed by atoms with Crippen molar-refractivity contribution in [2.75, 3.05) is 6.54 Å². The Labute approximate surface area is 151 Å². The molecule has 1 saturated heterocycles. The number of hydrogen-bond donors (Lipinski definition) is 1. The lowest BCUT2D eigenvalue weighted by Crippen LogP contribution is -2.46. The van der Waals surface area contributed by atoms with E-state index in [-0.39, 0.29) is 23.8 Å². The van der Waals surface area contributed by atoms with Crippen LogP contribution >= 0.6 is 0 Å². The van der Waals surface area contributed by atoms with Crippen LogP contribution in [-0.2, 0) is 16.1 Å². The summed E-state index contributed by atoms with van der Waals surface area (Å²) in [6, 6.07) is 8.50. The number of amides is 2. The Balaban J connectivity index is 1.56. The molecule has 4 nitrogen and oxygen atoms in total. The van der Waals surface area contributed by atoms with E-state index in [2.05, 4.69) is 50.4 Å². The van der Waals surface area contributed by atoms with Gasteiger partial charge < -0.3 is 10.2 Å². The summed E-state index contributed by atoms with van der Waals surface area (Å²) in [6.45, 7) is 7.69. The highest BCUT2D eigenvalue weighted by molar-refractivity contribution is 5.89. The number of hydrogen-bond acceptors (Lipinski definition) is 2. The maximum Gasteiger partial charge on any atom is 0.225 e. The van der Waals surface area contributed by atoms with Crippen LogP contribution in [0.15, 0.2) is 24.3 Å². The molecule has 4 atom stereocenters. The van der Waals surface area contributed by atoms with Gasteiger partial charge in [-0.1, -0.05) is 56.5 Å². The summed E-state index contributed by atoms with van der Waals surface area (Å²) in [5.41, 5.74) is 2.33. The molecule has 0 spiro atoms. The standard InChI is InChI=1S/C21H30N2O2/c1-14-7-9-17(10-8-14)12-23-13-18(11-20(23)24)21(25)22-19-6-4-5-15(2)16(19)3/h7-10,15-16,18-19H,4-6,11-13H2,1-3H3,(H,22,25)/t15-,16-,18+,19-/m0/s1. The first kappa shape index (κ1) is 18.0. The first-order chi connectivity index (χ1) is 11.9. The maximum atomic E-state index is 12.7. The van der Waals surface area contributed by atoms with Gasteiger partial charge in [-0.2, -0.15) is 0 Å². The fraction of sp³-hybridized carbons (Fsp3) is 0.619. The van der Waals surface area contributed by atoms with Crippen molar-refractivity contribution >= 4 is 11.8 Å². The summed E-state index contributed by atoms with van der Waals surface area (Å²) in [4.78, 5) is 26.8. The van der Waals surface area contributed by atoms with Gasteiger partial charge in [0.05, 0.1) is 5.92 Å². The van der Waals surface area contributed by atoms with Gasteiger partial charge in [-0.3, -0.25) is 9.59 Å². The minimum atomic E-state index is -0.206. The molecule has 25 heavy (non-hydrogen) atoms. The summed E-state index contributed by atoms with van der Waals surface area (Å²) < 4.78 is 0. The Morgan fingerprint density at radius 1 is 1.20 bits per heavy atom. The van der Waals surface area contributed by atoms with Gasteiger partial charge in [0.25, 0.3) is 0 Å². The Hall–Kier alpha value is -1.84. The molecule has 0 unspecified atom stereocenters. The zero-order chi connectivity index (χ0) is 18.0. The molecule has 2 aliphatic rings. The van der Waals surface area contributed by atoms with Crippen LogP contribution in [0, 0.1) is 24.7 Å². The molecule has 3 rings (SSSR count). The summed E-state index contributed by atoms with van der Waals surface area (Å²) in [5.74, 6) is 1.11. The molecule has 4 heteroatoms. The Bertz CT molecular complexity index is 625. The van der Waals surface area contributed by atoms with Gasteiger partial charge in [0, 0.05) is 25.6 Å². The van der Waals surface area contributed by atoms with E-state index in [0.717, 1.165) is 12.0 Å². The number of rotatable bonds is 4. The van der Waals surface area contributed by atoms with Gasteiger partial charge in [-0.05, 0) is 30.7 Å². The number of nitrogens with one attached hydrogen (secondary N) is 1. The van der Waals surface area contributed by atoms with Crippen molar-refractivity contribution < 1.29 is 9.59 Å². The van der Waals surface area contributed by atoms with Gasteiger partial charge in [-0.25, -0.2) is 0 Å². The van der Waals surface area contributed by atoms with Crippen LogP contribution in [0.4, 0.5) is 0 Å². The average Bonchev–Trinajstić information content (AvgIpc) is 2.95. The monoisotopic (exact) mass is 342 g/mol. The van der Waals surface area contributed by atoms with Gasteiger partial charge in [0.2, 0.25) is 11.8 Å². The topological polar surface area (TPSA) is 49.4 Å².